The molecular formula is C36H30Si2. The average Bonchev–Trinajstić information content (AvgIpc) is 3.01. The first-order chi connectivity index (χ1) is 18.9. The third-order valence-electron chi connectivity index (χ3n) is 7.37. The van der Waals surface area contributed by atoms with Crippen molar-refractivity contribution in [1.82, 2.24) is 0 Å². The molecule has 6 aromatic carbocycles. The van der Waals surface area contributed by atoms with Crippen molar-refractivity contribution in [3.8, 4) is 0 Å². The lowest BCUT2D eigenvalue weighted by atomic mass is 10.0. The molecule has 1 unspecified atom stereocenters. The van der Waals surface area contributed by atoms with Crippen molar-refractivity contribution in [2.45, 2.75) is 11.6 Å². The second kappa shape index (κ2) is 11.6. The van der Waals surface area contributed by atoms with Crippen LogP contribution in [0.25, 0.3) is 10.8 Å². The third kappa shape index (κ3) is 5.19. The Hall–Kier alpha value is -3.99. The first-order valence-corrected chi connectivity index (χ1v) is 16.6. The Bertz CT molecular complexity index is 1500. The molecule has 38 heavy (non-hydrogen) atoms. The van der Waals surface area contributed by atoms with Gasteiger partial charge in [0.25, 0.3) is 0 Å². The maximum Gasteiger partial charge on any atom is 0.128 e. The minimum atomic E-state index is -1.16. The number of rotatable bonds is 8. The largest absolute Gasteiger partial charge is 0.128 e. The zero-order valence-corrected chi connectivity index (χ0v) is 23.4. The molecule has 0 heterocycles. The van der Waals surface area contributed by atoms with E-state index in [2.05, 4.69) is 164 Å². The maximum absolute atomic E-state index is 2.40. The van der Waals surface area contributed by atoms with Crippen molar-refractivity contribution < 1.29 is 0 Å². The zero-order valence-electron chi connectivity index (χ0n) is 21.4. The Morgan fingerprint density at radius 1 is 0.395 bits per heavy atom. The Morgan fingerprint density at radius 2 is 0.816 bits per heavy atom. The maximum atomic E-state index is 2.40. The van der Waals surface area contributed by atoms with E-state index < -0.39 is 17.6 Å². The number of hydrogen-bond acceptors (Lipinski definition) is 0. The van der Waals surface area contributed by atoms with E-state index >= 15 is 0 Å². The molecule has 0 N–H and O–H groups in total. The van der Waals surface area contributed by atoms with Crippen molar-refractivity contribution in [1.29, 1.82) is 0 Å². The number of hydrogen-bond donors (Lipinski definition) is 0. The predicted octanol–water partition coefficient (Wildman–Crippen LogP) is 6.08. The summed E-state index contributed by atoms with van der Waals surface area (Å²) in [6.45, 7) is 0. The van der Waals surface area contributed by atoms with Crippen molar-refractivity contribution in [2.24, 2.45) is 0 Å². The lowest BCUT2D eigenvalue weighted by Crippen LogP contribution is -2.51. The van der Waals surface area contributed by atoms with E-state index in [-0.39, 0.29) is 0 Å². The van der Waals surface area contributed by atoms with Gasteiger partial charge in [-0.15, -0.1) is 0 Å². The van der Waals surface area contributed by atoms with Crippen LogP contribution < -0.4 is 20.7 Å². The number of benzene rings is 6. The smallest absolute Gasteiger partial charge is 0.0628 e. The van der Waals surface area contributed by atoms with Crippen molar-refractivity contribution >= 4 is 49.1 Å². The van der Waals surface area contributed by atoms with Gasteiger partial charge < -0.3 is 0 Å². The summed E-state index contributed by atoms with van der Waals surface area (Å²) in [5.41, 5.74) is 1.89. The molecule has 0 aliphatic rings. The van der Waals surface area contributed by atoms with Gasteiger partial charge >= 0.3 is 0 Å². The van der Waals surface area contributed by atoms with Crippen LogP contribution in [-0.4, -0.2) is 17.6 Å². The van der Waals surface area contributed by atoms with Gasteiger partial charge in [0, 0.05) is 0 Å². The van der Waals surface area contributed by atoms with E-state index in [1.807, 2.05) is 0 Å². The molecule has 0 saturated heterocycles. The lowest BCUT2D eigenvalue weighted by molar-refractivity contribution is 1.06. The monoisotopic (exact) mass is 518 g/mol. The predicted molar refractivity (Wildman–Crippen MR) is 167 cm³/mol. The van der Waals surface area contributed by atoms with Crippen LogP contribution in [0.15, 0.2) is 164 Å². The molecule has 1 atom stereocenters. The van der Waals surface area contributed by atoms with Crippen LogP contribution in [0.4, 0.5) is 0 Å². The molecule has 0 spiro atoms. The van der Waals surface area contributed by atoms with Crippen molar-refractivity contribution in [3.63, 3.8) is 0 Å². The van der Waals surface area contributed by atoms with Crippen LogP contribution in [0.5, 0.6) is 0 Å². The molecule has 0 aromatic heterocycles. The highest BCUT2D eigenvalue weighted by Crippen LogP contribution is 2.31. The van der Waals surface area contributed by atoms with E-state index in [4.69, 9.17) is 0 Å². The standard InChI is InChI=1S/C36H30Si2/c1-5-18-30(19-6-1)37(31-20-7-2-8-21-31)28-36(35-27-15-17-29-16-13-14-26-34(29)35)38(32-22-9-3-10-23-32)33-24-11-4-12-25-33/h1-27,36H,28H2. The molecule has 0 amide bonds. The number of fused-ring (bicyclic) bond motifs is 1. The van der Waals surface area contributed by atoms with Crippen LogP contribution >= 0.6 is 0 Å². The van der Waals surface area contributed by atoms with Gasteiger partial charge in [0.1, 0.15) is 17.6 Å². The summed E-state index contributed by atoms with van der Waals surface area (Å²) in [7, 11) is -2.21. The first-order valence-electron chi connectivity index (χ1n) is 13.3. The summed E-state index contributed by atoms with van der Waals surface area (Å²) in [6.07, 6.45) is 0. The van der Waals surface area contributed by atoms with Crippen LogP contribution in [0.3, 0.4) is 0 Å². The molecule has 2 radical (unpaired) electrons. The van der Waals surface area contributed by atoms with E-state index in [0.717, 1.165) is 6.04 Å². The van der Waals surface area contributed by atoms with Gasteiger partial charge in [-0.3, -0.25) is 0 Å². The molecule has 0 nitrogen and oxygen atoms in total. The van der Waals surface area contributed by atoms with Crippen molar-refractivity contribution in [2.75, 3.05) is 0 Å². The van der Waals surface area contributed by atoms with Crippen LogP contribution in [0.1, 0.15) is 11.1 Å². The minimum absolute atomic E-state index is 0.408. The van der Waals surface area contributed by atoms with Gasteiger partial charge in [0.15, 0.2) is 0 Å². The fraction of sp³-hybridized carbons (Fsp3) is 0.0556. The van der Waals surface area contributed by atoms with E-state index in [1.165, 1.54) is 37.1 Å². The molecule has 0 fully saturated rings. The Morgan fingerprint density at radius 3 is 1.34 bits per heavy atom. The highest BCUT2D eigenvalue weighted by Gasteiger charge is 2.33. The van der Waals surface area contributed by atoms with Crippen LogP contribution in [0, 0.1) is 0 Å². The molecule has 0 aliphatic carbocycles. The topological polar surface area (TPSA) is 0 Å². The minimum Gasteiger partial charge on any atom is -0.0628 e. The SMILES string of the molecule is c1ccc([Si](CC(c2cccc3ccccc23)[Si](c2ccccc2)c2ccccc2)c2ccccc2)cc1. The molecule has 0 bridgehead atoms. The van der Waals surface area contributed by atoms with Gasteiger partial charge in [-0.25, -0.2) is 0 Å². The molecule has 6 rings (SSSR count). The Labute approximate surface area is 229 Å². The molecule has 6 aromatic rings. The lowest BCUT2D eigenvalue weighted by Gasteiger charge is -2.31. The summed E-state index contributed by atoms with van der Waals surface area (Å²) >= 11 is 0. The summed E-state index contributed by atoms with van der Waals surface area (Å²) in [4.78, 5) is 0. The van der Waals surface area contributed by atoms with Gasteiger partial charge in [0.05, 0.1) is 0 Å². The van der Waals surface area contributed by atoms with Gasteiger partial charge in [-0.1, -0.05) is 185 Å². The second-order valence-corrected chi connectivity index (χ2v) is 14.9. The fourth-order valence-corrected chi connectivity index (χ4v) is 12.5. The quantitative estimate of drug-likeness (QED) is 0.214. The second-order valence-electron chi connectivity index (χ2n) is 9.68. The molecule has 0 aliphatic heterocycles. The van der Waals surface area contributed by atoms with Crippen molar-refractivity contribution in [3.05, 3.63) is 169 Å². The molecule has 2 heteroatoms. The normalized spacial score (nSPS) is 12.2. The van der Waals surface area contributed by atoms with E-state index in [9.17, 15) is 0 Å². The average molecular weight is 519 g/mol. The summed E-state index contributed by atoms with van der Waals surface area (Å²) in [6, 6.07) is 62.0. The van der Waals surface area contributed by atoms with Gasteiger partial charge in [-0.2, -0.15) is 0 Å². The Kier molecular flexibility index (Phi) is 7.43. The molecular weight excluding hydrogens is 489 g/mol. The summed E-state index contributed by atoms with van der Waals surface area (Å²) in [5, 5.41) is 8.63. The Balaban J connectivity index is 1.58. The molecule has 182 valence electrons. The van der Waals surface area contributed by atoms with Gasteiger partial charge in [0.2, 0.25) is 0 Å². The van der Waals surface area contributed by atoms with Gasteiger partial charge in [-0.05, 0) is 27.9 Å². The highest BCUT2D eigenvalue weighted by molar-refractivity contribution is 6.90. The van der Waals surface area contributed by atoms with Crippen LogP contribution in [-0.2, 0) is 0 Å². The third-order valence-corrected chi connectivity index (χ3v) is 13.8. The first kappa shape index (κ1) is 24.4. The zero-order chi connectivity index (χ0) is 25.6. The summed E-state index contributed by atoms with van der Waals surface area (Å²) < 4.78 is 0. The molecule has 0 saturated carbocycles. The summed E-state index contributed by atoms with van der Waals surface area (Å²) in [5.74, 6) is 0. The fourth-order valence-electron chi connectivity index (χ4n) is 5.61. The van der Waals surface area contributed by atoms with E-state index in [0.29, 0.717) is 5.54 Å². The van der Waals surface area contributed by atoms with E-state index in [1.54, 1.807) is 0 Å². The highest BCUT2D eigenvalue weighted by atomic mass is 28.3. The van der Waals surface area contributed by atoms with Crippen LogP contribution in [0.2, 0.25) is 6.04 Å².